The van der Waals surface area contributed by atoms with E-state index in [1.807, 2.05) is 31.2 Å². The van der Waals surface area contributed by atoms with Crippen molar-refractivity contribution in [2.45, 2.75) is 13.3 Å². The van der Waals surface area contributed by atoms with E-state index in [9.17, 15) is 20.2 Å². The summed E-state index contributed by atoms with van der Waals surface area (Å²) in [6.45, 7) is 1.93. The molecule has 1 N–H and O–H groups in total. The lowest BCUT2D eigenvalue weighted by Crippen LogP contribution is -2.13. The van der Waals surface area contributed by atoms with Gasteiger partial charge in [0, 0.05) is 40.2 Å². The van der Waals surface area contributed by atoms with Crippen molar-refractivity contribution in [1.29, 1.82) is 5.26 Å². The Morgan fingerprint density at radius 3 is 2.75 bits per heavy atom. The third-order valence-corrected chi connectivity index (χ3v) is 6.73. The summed E-state index contributed by atoms with van der Waals surface area (Å²) in [6, 6.07) is 15.1. The number of anilines is 1. The Kier molecular flexibility index (Phi) is 7.50. The Balaban J connectivity index is 1.46. The fourth-order valence-electron chi connectivity index (χ4n) is 3.24. The number of halogens is 2. The van der Waals surface area contributed by atoms with Crippen molar-refractivity contribution in [1.82, 2.24) is 4.98 Å². The first-order valence-electron chi connectivity index (χ1n) is 10.4. The van der Waals surface area contributed by atoms with Gasteiger partial charge in [-0.15, -0.1) is 11.3 Å². The summed E-state index contributed by atoms with van der Waals surface area (Å²) in [5.41, 5.74) is 1.99. The van der Waals surface area contributed by atoms with Gasteiger partial charge in [-0.3, -0.25) is 20.2 Å². The number of nitrogens with zero attached hydrogens (tertiary/aromatic N) is 3. The van der Waals surface area contributed by atoms with E-state index in [1.165, 1.54) is 29.5 Å². The first-order chi connectivity index (χ1) is 17.2. The van der Waals surface area contributed by atoms with Gasteiger partial charge in [-0.05, 0) is 48.4 Å². The molecule has 0 aliphatic rings. The molecule has 0 spiro atoms. The van der Waals surface area contributed by atoms with Crippen LogP contribution in [0.2, 0.25) is 10.0 Å². The number of aryl methyl sites for hydroxylation is 1. The summed E-state index contributed by atoms with van der Waals surface area (Å²) in [5, 5.41) is 24.3. The molecule has 0 saturated carbocycles. The van der Waals surface area contributed by atoms with E-state index in [1.54, 1.807) is 24.4 Å². The summed E-state index contributed by atoms with van der Waals surface area (Å²) in [7, 11) is 0. The number of nitro groups is 1. The van der Waals surface area contributed by atoms with Crippen LogP contribution in [0.1, 0.15) is 21.8 Å². The topological polar surface area (TPSA) is 122 Å². The lowest BCUT2D eigenvalue weighted by Gasteiger charge is -2.02. The highest BCUT2D eigenvalue weighted by molar-refractivity contribution is 7.15. The van der Waals surface area contributed by atoms with E-state index in [0.717, 1.165) is 16.0 Å². The van der Waals surface area contributed by atoms with E-state index < -0.39 is 10.8 Å². The van der Waals surface area contributed by atoms with Gasteiger partial charge in [-0.2, -0.15) is 5.26 Å². The molecule has 4 rings (SSSR count). The van der Waals surface area contributed by atoms with E-state index in [2.05, 4.69) is 10.3 Å². The van der Waals surface area contributed by atoms with Crippen LogP contribution in [0, 0.1) is 28.4 Å². The summed E-state index contributed by atoms with van der Waals surface area (Å²) in [6.07, 6.45) is 3.55. The molecule has 0 bridgehead atoms. The van der Waals surface area contributed by atoms with Gasteiger partial charge in [0.2, 0.25) is 0 Å². The summed E-state index contributed by atoms with van der Waals surface area (Å²) in [5.74, 6) is -0.0956. The summed E-state index contributed by atoms with van der Waals surface area (Å²) < 4.78 is 5.67. The Morgan fingerprint density at radius 1 is 1.22 bits per heavy atom. The molecule has 8 nitrogen and oxygen atoms in total. The second kappa shape index (κ2) is 10.7. The molecule has 11 heteroatoms. The lowest BCUT2D eigenvalue weighted by atomic mass is 10.1. The van der Waals surface area contributed by atoms with Crippen molar-refractivity contribution in [2.24, 2.45) is 0 Å². The summed E-state index contributed by atoms with van der Waals surface area (Å²) >= 11 is 13.3. The van der Waals surface area contributed by atoms with Crippen LogP contribution in [-0.4, -0.2) is 15.8 Å². The molecule has 36 heavy (non-hydrogen) atoms. The maximum atomic E-state index is 12.6. The van der Waals surface area contributed by atoms with Crippen LogP contribution >= 0.6 is 34.5 Å². The Labute approximate surface area is 219 Å². The minimum Gasteiger partial charge on any atom is -0.457 e. The van der Waals surface area contributed by atoms with Crippen molar-refractivity contribution in [3.05, 3.63) is 102 Å². The highest BCUT2D eigenvalue weighted by Gasteiger charge is 2.17. The largest absolute Gasteiger partial charge is 0.457 e. The van der Waals surface area contributed by atoms with Crippen molar-refractivity contribution in [3.8, 4) is 17.4 Å². The van der Waals surface area contributed by atoms with Gasteiger partial charge in [0.05, 0.1) is 4.92 Å². The molecule has 0 aliphatic carbocycles. The zero-order valence-electron chi connectivity index (χ0n) is 18.6. The number of hydrogen-bond acceptors (Lipinski definition) is 7. The van der Waals surface area contributed by atoms with Gasteiger partial charge < -0.3 is 4.42 Å². The van der Waals surface area contributed by atoms with Gasteiger partial charge in [-0.1, -0.05) is 35.3 Å². The molecule has 0 atom stereocenters. The van der Waals surface area contributed by atoms with Gasteiger partial charge in [-0.25, -0.2) is 4.98 Å². The second-order valence-corrected chi connectivity index (χ2v) is 9.57. The number of nitro benzene ring substituents is 1. The van der Waals surface area contributed by atoms with E-state index >= 15 is 0 Å². The molecule has 0 radical (unpaired) electrons. The third kappa shape index (κ3) is 5.80. The zero-order chi connectivity index (χ0) is 25.8. The molecule has 0 saturated heterocycles. The van der Waals surface area contributed by atoms with Gasteiger partial charge in [0.15, 0.2) is 5.13 Å². The molecule has 2 heterocycles. The van der Waals surface area contributed by atoms with Crippen LogP contribution in [0.4, 0.5) is 10.8 Å². The van der Waals surface area contributed by atoms with Crippen molar-refractivity contribution in [2.75, 3.05) is 5.32 Å². The molecular formula is C25H16Cl2N4O4S. The average Bonchev–Trinajstić information content (AvgIpc) is 3.49. The number of hydrogen-bond donors (Lipinski definition) is 1. The number of thiazole rings is 1. The van der Waals surface area contributed by atoms with Gasteiger partial charge in [0.1, 0.15) is 28.2 Å². The number of benzene rings is 2. The fraction of sp³-hybridized carbons (Fsp3) is 0.0800. The minimum atomic E-state index is -0.642. The average molecular weight is 539 g/mol. The number of furan rings is 1. The first-order valence-corrected chi connectivity index (χ1v) is 12.0. The smallest absolute Gasteiger partial charge is 0.288 e. The quantitative estimate of drug-likeness (QED) is 0.116. The number of rotatable bonds is 7. The first kappa shape index (κ1) is 25.1. The molecule has 0 aliphatic heterocycles. The minimum absolute atomic E-state index is 0.00636. The number of aromatic nitrogens is 1. The van der Waals surface area contributed by atoms with Crippen LogP contribution in [0.3, 0.4) is 0 Å². The molecule has 4 aromatic rings. The van der Waals surface area contributed by atoms with Crippen molar-refractivity contribution in [3.63, 3.8) is 0 Å². The molecule has 2 aromatic carbocycles. The van der Waals surface area contributed by atoms with Crippen molar-refractivity contribution < 1.29 is 14.1 Å². The Morgan fingerprint density at radius 2 is 2.03 bits per heavy atom. The Hall–Kier alpha value is -3.97. The van der Waals surface area contributed by atoms with Crippen LogP contribution < -0.4 is 5.32 Å². The lowest BCUT2D eigenvalue weighted by molar-refractivity contribution is -0.384. The predicted octanol–water partition coefficient (Wildman–Crippen LogP) is 7.06. The van der Waals surface area contributed by atoms with Gasteiger partial charge in [0.25, 0.3) is 11.6 Å². The summed E-state index contributed by atoms with van der Waals surface area (Å²) in [4.78, 5) is 28.3. The van der Waals surface area contributed by atoms with Crippen LogP contribution in [-0.2, 0) is 11.2 Å². The van der Waals surface area contributed by atoms with E-state index in [0.29, 0.717) is 27.9 Å². The van der Waals surface area contributed by atoms with Crippen LogP contribution in [0.15, 0.2) is 64.7 Å². The maximum absolute atomic E-state index is 12.6. The molecule has 2 aromatic heterocycles. The monoisotopic (exact) mass is 538 g/mol. The maximum Gasteiger partial charge on any atom is 0.288 e. The molecular weight excluding hydrogens is 523 g/mol. The fourth-order valence-corrected chi connectivity index (χ4v) is 4.47. The molecule has 0 unspecified atom stereocenters. The highest BCUT2D eigenvalue weighted by atomic mass is 35.5. The molecule has 0 fully saturated rings. The SMILES string of the molecule is Cc1ccc(Cc2cnc(NC(=O)/C(C#N)=C/c3ccc(-c4ccc(Cl)c([N+](=O)[O-])c4)o3)s2)cc1Cl. The molecule has 180 valence electrons. The van der Waals surface area contributed by atoms with Crippen LogP contribution in [0.25, 0.3) is 17.4 Å². The van der Waals surface area contributed by atoms with Crippen LogP contribution in [0.5, 0.6) is 0 Å². The number of amides is 1. The van der Waals surface area contributed by atoms with Gasteiger partial charge >= 0.3 is 0 Å². The number of carbonyl (C=O) groups excluding carboxylic acids is 1. The third-order valence-electron chi connectivity index (χ3n) is 5.09. The predicted molar refractivity (Wildman–Crippen MR) is 139 cm³/mol. The number of nitrogens with one attached hydrogen (secondary N) is 1. The standard InChI is InChI=1S/C25H16Cl2N4O4S/c1-14-2-3-15(9-21(14)27)8-19-13-29-25(36-19)30-24(32)17(12-28)10-18-5-7-23(35-18)16-4-6-20(26)22(11-16)31(33)34/h2-7,9-11,13H,8H2,1H3,(H,29,30,32)/b17-10+. The number of carbonyl (C=O) groups is 1. The van der Waals surface area contributed by atoms with E-state index in [4.69, 9.17) is 27.6 Å². The highest BCUT2D eigenvalue weighted by Crippen LogP contribution is 2.32. The second-order valence-electron chi connectivity index (χ2n) is 7.64. The normalized spacial score (nSPS) is 11.2. The van der Waals surface area contributed by atoms with Crippen molar-refractivity contribution >= 4 is 57.3 Å². The molecule has 1 amide bonds. The Bertz CT molecular complexity index is 1550. The van der Waals surface area contributed by atoms with E-state index in [-0.39, 0.29) is 22.0 Å². The number of nitriles is 1. The zero-order valence-corrected chi connectivity index (χ0v) is 20.9.